The number of carbonyl (C=O) groups is 1. The molecule has 0 aromatic heterocycles. The van der Waals surface area contributed by atoms with Gasteiger partial charge in [0.25, 0.3) is 5.91 Å². The lowest BCUT2D eigenvalue weighted by atomic mass is 10.1. The first-order valence-electron chi connectivity index (χ1n) is 4.38. The number of halogens is 2. The average Bonchev–Trinajstić information content (AvgIpc) is 2.18. The fourth-order valence-electron chi connectivity index (χ4n) is 1.01. The van der Waals surface area contributed by atoms with Gasteiger partial charge in [0, 0.05) is 21.6 Å². The van der Waals surface area contributed by atoms with Crippen molar-refractivity contribution in [2.75, 3.05) is 6.54 Å². The standard InChI is InChI=1S/C11H11BrClNO/c1-7-3-4-9(5-10(7)13)11(15)14-6-8(2)12/h3-5H,2,6H2,1H3,(H,14,15). The van der Waals surface area contributed by atoms with E-state index in [9.17, 15) is 4.79 Å². The van der Waals surface area contributed by atoms with Crippen molar-refractivity contribution in [1.29, 1.82) is 0 Å². The van der Waals surface area contributed by atoms with Gasteiger partial charge in [-0.05, 0) is 24.6 Å². The highest BCUT2D eigenvalue weighted by Gasteiger charge is 2.06. The highest BCUT2D eigenvalue weighted by molar-refractivity contribution is 9.11. The molecule has 2 nitrogen and oxygen atoms in total. The maximum Gasteiger partial charge on any atom is 0.251 e. The molecular formula is C11H11BrClNO. The van der Waals surface area contributed by atoms with Gasteiger partial charge in [-0.1, -0.05) is 40.2 Å². The Balaban J connectivity index is 2.74. The van der Waals surface area contributed by atoms with Crippen LogP contribution in [0.3, 0.4) is 0 Å². The molecule has 0 fully saturated rings. The van der Waals surface area contributed by atoms with Crippen LogP contribution in [0.2, 0.25) is 5.02 Å². The zero-order valence-electron chi connectivity index (χ0n) is 8.31. The Kier molecular flexibility index (Phi) is 4.36. The Bertz CT molecular complexity index is 404. The highest BCUT2D eigenvalue weighted by Crippen LogP contribution is 2.16. The maximum absolute atomic E-state index is 11.6. The molecule has 1 N–H and O–H groups in total. The lowest BCUT2D eigenvalue weighted by molar-refractivity contribution is 0.0958. The normalized spacial score (nSPS) is 9.80. The molecule has 80 valence electrons. The second-order valence-corrected chi connectivity index (χ2v) is 4.69. The van der Waals surface area contributed by atoms with Gasteiger partial charge in [0.05, 0.1) is 0 Å². The molecule has 4 heteroatoms. The summed E-state index contributed by atoms with van der Waals surface area (Å²) in [5.41, 5.74) is 1.51. The number of nitrogens with one attached hydrogen (secondary N) is 1. The molecule has 0 aliphatic heterocycles. The summed E-state index contributed by atoms with van der Waals surface area (Å²) in [7, 11) is 0. The first kappa shape index (κ1) is 12.3. The van der Waals surface area contributed by atoms with Crippen molar-refractivity contribution >= 4 is 33.4 Å². The molecule has 15 heavy (non-hydrogen) atoms. The molecule has 0 bridgehead atoms. The van der Waals surface area contributed by atoms with Crippen molar-refractivity contribution in [2.45, 2.75) is 6.92 Å². The van der Waals surface area contributed by atoms with Crippen LogP contribution in [-0.4, -0.2) is 12.5 Å². The van der Waals surface area contributed by atoms with E-state index in [0.717, 1.165) is 10.0 Å². The fraction of sp³-hybridized carbons (Fsp3) is 0.182. The predicted molar refractivity (Wildman–Crippen MR) is 66.6 cm³/mol. The van der Waals surface area contributed by atoms with Crippen LogP contribution in [0.15, 0.2) is 29.3 Å². The van der Waals surface area contributed by atoms with Crippen molar-refractivity contribution in [3.05, 3.63) is 45.4 Å². The third kappa shape index (κ3) is 3.68. The van der Waals surface area contributed by atoms with Crippen LogP contribution in [0.1, 0.15) is 15.9 Å². The minimum atomic E-state index is -0.155. The smallest absolute Gasteiger partial charge is 0.251 e. The van der Waals surface area contributed by atoms with E-state index in [2.05, 4.69) is 27.8 Å². The summed E-state index contributed by atoms with van der Waals surface area (Å²) in [5, 5.41) is 3.30. The van der Waals surface area contributed by atoms with E-state index < -0.39 is 0 Å². The minimum Gasteiger partial charge on any atom is -0.347 e. The zero-order chi connectivity index (χ0) is 11.4. The van der Waals surface area contributed by atoms with E-state index in [1.54, 1.807) is 12.1 Å². The molecule has 1 aromatic carbocycles. The van der Waals surface area contributed by atoms with E-state index >= 15 is 0 Å². The first-order valence-corrected chi connectivity index (χ1v) is 5.55. The van der Waals surface area contributed by atoms with Gasteiger partial charge in [0.1, 0.15) is 0 Å². The van der Waals surface area contributed by atoms with Crippen LogP contribution in [-0.2, 0) is 0 Å². The van der Waals surface area contributed by atoms with E-state index in [-0.39, 0.29) is 5.91 Å². The molecule has 0 aliphatic carbocycles. The third-order valence-electron chi connectivity index (χ3n) is 1.87. The Morgan fingerprint density at radius 2 is 2.27 bits per heavy atom. The number of aryl methyl sites for hydroxylation is 1. The van der Waals surface area contributed by atoms with Gasteiger partial charge in [0.2, 0.25) is 0 Å². The summed E-state index contributed by atoms with van der Waals surface area (Å²) < 4.78 is 0.731. The van der Waals surface area contributed by atoms with Gasteiger partial charge in [-0.25, -0.2) is 0 Å². The second-order valence-electron chi connectivity index (χ2n) is 3.16. The van der Waals surface area contributed by atoms with Crippen LogP contribution < -0.4 is 5.32 Å². The number of rotatable bonds is 3. The van der Waals surface area contributed by atoms with Crippen LogP contribution in [0.5, 0.6) is 0 Å². The number of carbonyl (C=O) groups excluding carboxylic acids is 1. The second kappa shape index (κ2) is 5.33. The molecule has 0 unspecified atom stereocenters. The fourth-order valence-corrected chi connectivity index (χ4v) is 1.33. The largest absolute Gasteiger partial charge is 0.347 e. The van der Waals surface area contributed by atoms with E-state index in [0.29, 0.717) is 17.1 Å². The van der Waals surface area contributed by atoms with Gasteiger partial charge in [-0.2, -0.15) is 0 Å². The third-order valence-corrected chi connectivity index (χ3v) is 2.56. The van der Waals surface area contributed by atoms with Gasteiger partial charge in [-0.15, -0.1) is 0 Å². The molecule has 0 radical (unpaired) electrons. The Morgan fingerprint density at radius 1 is 1.60 bits per heavy atom. The average molecular weight is 289 g/mol. The SMILES string of the molecule is C=C(Br)CNC(=O)c1ccc(C)c(Cl)c1. The summed E-state index contributed by atoms with van der Waals surface area (Å²) in [6.07, 6.45) is 0. The number of amides is 1. The summed E-state index contributed by atoms with van der Waals surface area (Å²) in [4.78, 5) is 11.6. The van der Waals surface area contributed by atoms with Gasteiger partial charge in [0.15, 0.2) is 0 Å². The lowest BCUT2D eigenvalue weighted by Gasteiger charge is -2.05. The van der Waals surface area contributed by atoms with Crippen molar-refractivity contribution in [3.8, 4) is 0 Å². The van der Waals surface area contributed by atoms with Crippen LogP contribution in [0.25, 0.3) is 0 Å². The molecule has 0 saturated carbocycles. The van der Waals surface area contributed by atoms with Crippen molar-refractivity contribution in [2.24, 2.45) is 0 Å². The lowest BCUT2D eigenvalue weighted by Crippen LogP contribution is -2.24. The Morgan fingerprint density at radius 3 is 2.80 bits per heavy atom. The molecule has 0 heterocycles. The summed E-state index contributed by atoms with van der Waals surface area (Å²) in [5.74, 6) is -0.155. The quantitative estimate of drug-likeness (QED) is 0.908. The zero-order valence-corrected chi connectivity index (χ0v) is 10.7. The Hall–Kier alpha value is -0.800. The summed E-state index contributed by atoms with van der Waals surface area (Å²) in [6.45, 7) is 5.93. The topological polar surface area (TPSA) is 29.1 Å². The highest BCUT2D eigenvalue weighted by atomic mass is 79.9. The van der Waals surface area contributed by atoms with Gasteiger partial charge < -0.3 is 5.32 Å². The predicted octanol–water partition coefficient (Wildman–Crippen LogP) is 3.29. The van der Waals surface area contributed by atoms with Crippen LogP contribution in [0, 0.1) is 6.92 Å². The number of hydrogen-bond acceptors (Lipinski definition) is 1. The van der Waals surface area contributed by atoms with E-state index in [4.69, 9.17) is 11.6 Å². The minimum absolute atomic E-state index is 0.155. The van der Waals surface area contributed by atoms with Gasteiger partial charge >= 0.3 is 0 Å². The number of hydrogen-bond donors (Lipinski definition) is 1. The number of benzene rings is 1. The van der Waals surface area contributed by atoms with E-state index in [1.807, 2.05) is 13.0 Å². The molecule has 0 atom stereocenters. The van der Waals surface area contributed by atoms with Crippen LogP contribution in [0.4, 0.5) is 0 Å². The molecule has 1 aromatic rings. The monoisotopic (exact) mass is 287 g/mol. The maximum atomic E-state index is 11.6. The summed E-state index contributed by atoms with van der Waals surface area (Å²) in [6, 6.07) is 5.22. The molecule has 1 amide bonds. The molecule has 0 saturated heterocycles. The van der Waals surface area contributed by atoms with Crippen molar-refractivity contribution < 1.29 is 4.79 Å². The Labute approximate surface area is 102 Å². The van der Waals surface area contributed by atoms with Crippen LogP contribution >= 0.6 is 27.5 Å². The molecule has 0 spiro atoms. The molecule has 0 aliphatic rings. The summed E-state index contributed by atoms with van der Waals surface area (Å²) >= 11 is 9.08. The van der Waals surface area contributed by atoms with Crippen molar-refractivity contribution in [1.82, 2.24) is 5.32 Å². The molecular weight excluding hydrogens is 277 g/mol. The molecule has 1 rings (SSSR count). The van der Waals surface area contributed by atoms with Gasteiger partial charge in [-0.3, -0.25) is 4.79 Å². The van der Waals surface area contributed by atoms with Crippen molar-refractivity contribution in [3.63, 3.8) is 0 Å². The van der Waals surface area contributed by atoms with E-state index in [1.165, 1.54) is 0 Å². The first-order chi connectivity index (χ1) is 7.00.